The molecule has 0 atom stereocenters. The van der Waals surface area contributed by atoms with Crippen LogP contribution in [0.15, 0.2) is 42.5 Å². The average Bonchev–Trinajstić information content (AvgIpc) is 2.73. The molecule has 30 heavy (non-hydrogen) atoms. The molecule has 7 nitrogen and oxygen atoms in total. The van der Waals surface area contributed by atoms with Crippen LogP contribution in [0.1, 0.15) is 44.0 Å². The number of anilines is 3. The summed E-state index contributed by atoms with van der Waals surface area (Å²) in [5, 5.41) is 2.88. The minimum absolute atomic E-state index is 0. The fourth-order valence-corrected chi connectivity index (χ4v) is 4.22. The van der Waals surface area contributed by atoms with Crippen LogP contribution >= 0.6 is 0 Å². The van der Waals surface area contributed by atoms with Gasteiger partial charge in [0.05, 0.1) is 17.1 Å². The zero-order valence-corrected chi connectivity index (χ0v) is 17.4. The summed E-state index contributed by atoms with van der Waals surface area (Å²) in [7, 11) is 0. The van der Waals surface area contributed by atoms with E-state index in [2.05, 4.69) is 10.2 Å². The maximum absolute atomic E-state index is 12.5. The van der Waals surface area contributed by atoms with Crippen LogP contribution in [0.25, 0.3) is 0 Å². The Morgan fingerprint density at radius 2 is 1.90 bits per heavy atom. The quantitative estimate of drug-likeness (QED) is 0.749. The molecule has 0 unspecified atom stereocenters. The molecule has 0 aliphatic carbocycles. The topological polar surface area (TPSA) is 87.9 Å². The van der Waals surface area contributed by atoms with Crippen molar-refractivity contribution in [3.05, 3.63) is 53.6 Å². The van der Waals surface area contributed by atoms with Gasteiger partial charge in [0.15, 0.2) is 0 Å². The van der Waals surface area contributed by atoms with Crippen LogP contribution in [-0.4, -0.2) is 37.2 Å². The number of ether oxygens (including phenoxy) is 1. The Morgan fingerprint density at radius 3 is 2.60 bits per heavy atom. The number of carbonyl (C=O) groups excluding carboxylic acids is 2. The van der Waals surface area contributed by atoms with Crippen molar-refractivity contribution in [3.63, 3.8) is 0 Å². The van der Waals surface area contributed by atoms with Gasteiger partial charge in [0.25, 0.3) is 5.91 Å². The normalized spacial score (nSPS) is 17.0. The lowest BCUT2D eigenvalue weighted by molar-refractivity contribution is 0.0943. The number of benzene rings is 2. The molecule has 2 aliphatic rings. The highest BCUT2D eigenvalue weighted by atomic mass is 16.6. The smallest absolute Gasteiger partial charge is 0.414 e. The molecule has 1 saturated heterocycles. The van der Waals surface area contributed by atoms with Crippen molar-refractivity contribution in [2.45, 2.75) is 45.4 Å². The Labute approximate surface area is 178 Å². The average molecular weight is 411 g/mol. The van der Waals surface area contributed by atoms with Crippen molar-refractivity contribution < 1.29 is 15.8 Å². The van der Waals surface area contributed by atoms with E-state index in [1.165, 1.54) is 0 Å². The zero-order chi connectivity index (χ0) is 21.3. The van der Waals surface area contributed by atoms with Crippen molar-refractivity contribution in [1.29, 1.82) is 0 Å². The molecule has 0 bridgehead atoms. The number of nitrogen functional groups attached to an aromatic ring is 1. The highest BCUT2D eigenvalue weighted by Gasteiger charge is 2.34. The number of fused-ring (bicyclic) bond motifs is 1. The summed E-state index contributed by atoms with van der Waals surface area (Å²) in [5.74, 6) is -0.121. The van der Waals surface area contributed by atoms with Gasteiger partial charge in [-0.3, -0.25) is 9.69 Å². The van der Waals surface area contributed by atoms with Crippen LogP contribution in [0, 0.1) is 0 Å². The largest absolute Gasteiger partial charge is 0.444 e. The van der Waals surface area contributed by atoms with Crippen LogP contribution in [-0.2, 0) is 11.3 Å². The zero-order valence-electron chi connectivity index (χ0n) is 17.4. The summed E-state index contributed by atoms with van der Waals surface area (Å²) >= 11 is 0. The van der Waals surface area contributed by atoms with Gasteiger partial charge in [-0.05, 0) is 51.0 Å². The molecule has 2 aliphatic heterocycles. The molecular weight excluding hydrogens is 380 g/mol. The number of rotatable bonds is 4. The molecule has 2 aromatic rings. The number of hydrogen-bond acceptors (Lipinski definition) is 5. The van der Waals surface area contributed by atoms with Crippen LogP contribution in [0.2, 0.25) is 0 Å². The molecule has 0 radical (unpaired) electrons. The lowest BCUT2D eigenvalue weighted by atomic mass is 10.00. The number of amides is 2. The van der Waals surface area contributed by atoms with Gasteiger partial charge in [0.1, 0.15) is 6.61 Å². The van der Waals surface area contributed by atoms with Gasteiger partial charge in [0.2, 0.25) is 0 Å². The van der Waals surface area contributed by atoms with E-state index >= 15 is 0 Å². The summed E-state index contributed by atoms with van der Waals surface area (Å²) in [6, 6.07) is 13.5. The van der Waals surface area contributed by atoms with Gasteiger partial charge in [-0.15, -0.1) is 0 Å². The second kappa shape index (κ2) is 8.26. The molecule has 7 heteroatoms. The monoisotopic (exact) mass is 410 g/mol. The molecule has 1 fully saturated rings. The van der Waals surface area contributed by atoms with Gasteiger partial charge < -0.3 is 20.7 Å². The minimum atomic E-state index is -0.271. The van der Waals surface area contributed by atoms with Crippen LogP contribution in [0.3, 0.4) is 0 Å². The molecular formula is C23H30N4O3. The van der Waals surface area contributed by atoms with E-state index in [1.807, 2.05) is 50.2 Å². The Bertz CT molecular complexity index is 958. The minimum Gasteiger partial charge on any atom is -0.444 e. The number of hydrogen-bond donors (Lipinski definition) is 2. The fraction of sp³-hybridized carbons (Fsp3) is 0.391. The number of nitrogens with one attached hydrogen (secondary N) is 1. The van der Waals surface area contributed by atoms with Crippen molar-refractivity contribution in [2.75, 3.05) is 28.6 Å². The first kappa shape index (κ1) is 20.1. The van der Waals surface area contributed by atoms with E-state index in [1.54, 1.807) is 11.0 Å². The van der Waals surface area contributed by atoms with Crippen LogP contribution < -0.4 is 20.9 Å². The fourth-order valence-electron chi connectivity index (χ4n) is 4.22. The first-order valence-electron chi connectivity index (χ1n) is 10.4. The first-order chi connectivity index (χ1) is 14.4. The summed E-state index contributed by atoms with van der Waals surface area (Å²) < 4.78 is 5.38. The van der Waals surface area contributed by atoms with Crippen molar-refractivity contribution in [3.8, 4) is 0 Å². The standard InChI is InChI=1S/C23H28N4O3.H2/c1-15(2)25-22(28)16-7-8-21(19(24)13-16)26-11-9-18(10-12-26)27-20-6-4-3-5-17(20)14-30-23(27)29;/h3-8,13,15,18H,9-12,14,24H2,1-2H3,(H,25,28);1H. The third kappa shape index (κ3) is 3.92. The Hall–Kier alpha value is -3.22. The third-order valence-electron chi connectivity index (χ3n) is 5.68. The van der Waals surface area contributed by atoms with E-state index in [-0.39, 0.29) is 25.5 Å². The number of cyclic esters (lactones) is 1. The van der Waals surface area contributed by atoms with Gasteiger partial charge in [-0.25, -0.2) is 4.79 Å². The SMILES string of the molecule is CC(C)NC(=O)c1ccc(N2CCC(N3C(=O)OCc4ccccc43)CC2)c(N)c1.[HH]. The maximum atomic E-state index is 12.5. The van der Waals surface area contributed by atoms with Crippen LogP contribution in [0.4, 0.5) is 21.9 Å². The van der Waals surface area contributed by atoms with E-state index in [0.717, 1.165) is 42.9 Å². The molecule has 2 amide bonds. The van der Waals surface area contributed by atoms with E-state index < -0.39 is 0 Å². The van der Waals surface area contributed by atoms with Gasteiger partial charge >= 0.3 is 6.09 Å². The molecule has 160 valence electrons. The summed E-state index contributed by atoms with van der Waals surface area (Å²) in [4.78, 5) is 28.7. The highest BCUT2D eigenvalue weighted by molar-refractivity contribution is 5.96. The van der Waals surface area contributed by atoms with Crippen molar-refractivity contribution >= 4 is 29.1 Å². The lowest BCUT2D eigenvalue weighted by Crippen LogP contribution is -2.49. The molecule has 2 heterocycles. The number of carbonyl (C=O) groups is 2. The Balaban J connectivity index is 0.00000272. The predicted octanol–water partition coefficient (Wildman–Crippen LogP) is 3.78. The molecule has 0 spiro atoms. The van der Waals surface area contributed by atoms with E-state index in [4.69, 9.17) is 10.5 Å². The van der Waals surface area contributed by atoms with Crippen molar-refractivity contribution in [2.24, 2.45) is 0 Å². The number of para-hydroxylation sites is 1. The van der Waals surface area contributed by atoms with Crippen molar-refractivity contribution in [1.82, 2.24) is 5.32 Å². The molecule has 3 N–H and O–H groups in total. The predicted molar refractivity (Wildman–Crippen MR) is 120 cm³/mol. The van der Waals surface area contributed by atoms with Gasteiger partial charge in [-0.2, -0.15) is 0 Å². The Kier molecular flexibility index (Phi) is 5.53. The van der Waals surface area contributed by atoms with E-state index in [0.29, 0.717) is 17.9 Å². The second-order valence-electron chi connectivity index (χ2n) is 8.17. The number of piperidine rings is 1. The molecule has 0 saturated carbocycles. The number of nitrogens with zero attached hydrogens (tertiary/aromatic N) is 2. The second-order valence-corrected chi connectivity index (χ2v) is 8.17. The third-order valence-corrected chi connectivity index (χ3v) is 5.68. The maximum Gasteiger partial charge on any atom is 0.414 e. The summed E-state index contributed by atoms with van der Waals surface area (Å²) in [6.45, 7) is 5.74. The lowest BCUT2D eigenvalue weighted by Gasteiger charge is -2.41. The first-order valence-corrected chi connectivity index (χ1v) is 10.4. The molecule has 0 aromatic heterocycles. The van der Waals surface area contributed by atoms with Gasteiger partial charge in [0, 0.05) is 37.7 Å². The van der Waals surface area contributed by atoms with Crippen LogP contribution in [0.5, 0.6) is 0 Å². The molecule has 2 aromatic carbocycles. The summed E-state index contributed by atoms with van der Waals surface area (Å²) in [6.07, 6.45) is 1.36. The van der Waals surface area contributed by atoms with E-state index in [9.17, 15) is 9.59 Å². The summed E-state index contributed by atoms with van der Waals surface area (Å²) in [5.41, 5.74) is 10.3. The van der Waals surface area contributed by atoms with Gasteiger partial charge in [-0.1, -0.05) is 18.2 Å². The Morgan fingerprint density at radius 1 is 1.17 bits per heavy atom. The molecule has 4 rings (SSSR count). The highest BCUT2D eigenvalue weighted by Crippen LogP contribution is 2.34. The number of nitrogens with two attached hydrogens (primary N) is 1.